The molecule has 1 N–H and O–H groups in total. The molecule has 2 aromatic carbocycles. The van der Waals surface area contributed by atoms with Crippen molar-refractivity contribution >= 4 is 23.4 Å². The van der Waals surface area contributed by atoms with E-state index in [2.05, 4.69) is 17.5 Å². The van der Waals surface area contributed by atoms with Crippen LogP contribution in [0.5, 0.6) is 5.75 Å². The van der Waals surface area contributed by atoms with Crippen LogP contribution < -0.4 is 10.1 Å². The highest BCUT2D eigenvalue weighted by atomic mass is 16.5. The number of aryl methyl sites for hydroxylation is 1. The zero-order valence-electron chi connectivity index (χ0n) is 18.2. The number of anilines is 1. The number of hydrogen-bond donors (Lipinski definition) is 1. The molecular formula is C26H26N2O4. The number of nitrogens with zero attached hydrogens (tertiary/aromatic N) is 1. The molecule has 164 valence electrons. The van der Waals surface area contributed by atoms with Crippen LogP contribution in [-0.2, 0) is 14.4 Å². The molecule has 32 heavy (non-hydrogen) atoms. The first-order valence-electron chi connectivity index (χ1n) is 11.0. The monoisotopic (exact) mass is 430 g/mol. The Morgan fingerprint density at radius 3 is 2.16 bits per heavy atom. The van der Waals surface area contributed by atoms with E-state index in [0.717, 1.165) is 17.5 Å². The summed E-state index contributed by atoms with van der Waals surface area (Å²) in [6.07, 6.45) is 5.05. The van der Waals surface area contributed by atoms with E-state index in [1.807, 2.05) is 31.2 Å². The Morgan fingerprint density at radius 1 is 1.00 bits per heavy atom. The molecule has 1 saturated heterocycles. The lowest BCUT2D eigenvalue weighted by atomic mass is 9.85. The van der Waals surface area contributed by atoms with Gasteiger partial charge in [-0.15, -0.1) is 0 Å². The number of imide groups is 1. The molecule has 2 aliphatic carbocycles. The number of allylic oxidation sites excluding steroid dienone is 2. The number of carbonyl (C=O) groups is 3. The zero-order valence-corrected chi connectivity index (χ0v) is 18.2. The first-order chi connectivity index (χ1) is 15.5. The summed E-state index contributed by atoms with van der Waals surface area (Å²) in [6, 6.07) is 14.1. The van der Waals surface area contributed by atoms with Gasteiger partial charge in [0.05, 0.1) is 31.4 Å². The number of likely N-dealkylation sites (tertiary alicyclic amines) is 1. The lowest BCUT2D eigenvalue weighted by Gasteiger charge is -2.28. The van der Waals surface area contributed by atoms with Gasteiger partial charge in [0, 0.05) is 5.69 Å². The fraction of sp³-hybridized carbons (Fsp3) is 0.346. The first kappa shape index (κ1) is 20.5. The molecule has 1 aliphatic heterocycles. The largest absolute Gasteiger partial charge is 0.497 e. The Bertz CT molecular complexity index is 1060. The van der Waals surface area contributed by atoms with Crippen LogP contribution in [0.15, 0.2) is 60.7 Å². The second kappa shape index (κ2) is 7.93. The lowest BCUT2D eigenvalue weighted by molar-refractivity contribution is -0.144. The molecule has 2 fully saturated rings. The minimum absolute atomic E-state index is 0.00870. The number of rotatable bonds is 6. The van der Waals surface area contributed by atoms with E-state index < -0.39 is 6.04 Å². The van der Waals surface area contributed by atoms with Crippen molar-refractivity contribution in [2.75, 3.05) is 12.4 Å². The van der Waals surface area contributed by atoms with Gasteiger partial charge in [-0.2, -0.15) is 0 Å². The number of ether oxygens (including phenoxy) is 1. The highest BCUT2D eigenvalue weighted by Gasteiger charge is 2.60. The van der Waals surface area contributed by atoms with Gasteiger partial charge in [0.2, 0.25) is 17.7 Å². The maximum atomic E-state index is 13.4. The van der Waals surface area contributed by atoms with Gasteiger partial charge in [0.1, 0.15) is 5.75 Å². The van der Waals surface area contributed by atoms with Crippen molar-refractivity contribution < 1.29 is 19.1 Å². The van der Waals surface area contributed by atoms with Crippen molar-refractivity contribution in [2.24, 2.45) is 23.7 Å². The molecule has 5 rings (SSSR count). The van der Waals surface area contributed by atoms with Crippen molar-refractivity contribution in [3.63, 3.8) is 0 Å². The molecule has 2 bridgehead atoms. The fourth-order valence-electron chi connectivity index (χ4n) is 5.44. The topological polar surface area (TPSA) is 75.7 Å². The summed E-state index contributed by atoms with van der Waals surface area (Å²) in [4.78, 5) is 41.2. The maximum Gasteiger partial charge on any atom is 0.234 e. The Morgan fingerprint density at radius 2 is 1.59 bits per heavy atom. The lowest BCUT2D eigenvalue weighted by Crippen LogP contribution is -2.38. The van der Waals surface area contributed by atoms with Gasteiger partial charge >= 0.3 is 0 Å². The summed E-state index contributed by atoms with van der Waals surface area (Å²) in [5.74, 6) is -0.121. The number of methoxy groups -OCH3 is 1. The molecular weight excluding hydrogens is 404 g/mol. The second-order valence-electron chi connectivity index (χ2n) is 8.95. The van der Waals surface area contributed by atoms with E-state index in [4.69, 9.17) is 4.74 Å². The summed E-state index contributed by atoms with van der Waals surface area (Å²) in [5, 5.41) is 2.88. The van der Waals surface area contributed by atoms with Crippen molar-refractivity contribution in [1.29, 1.82) is 0 Å². The van der Waals surface area contributed by atoms with Crippen LogP contribution in [0.1, 0.15) is 30.0 Å². The molecule has 1 heterocycles. The number of carbonyl (C=O) groups excluding carboxylic acids is 3. The zero-order chi connectivity index (χ0) is 22.4. The van der Waals surface area contributed by atoms with Gasteiger partial charge in [-0.05, 0) is 55.0 Å². The molecule has 0 aromatic heterocycles. The van der Waals surface area contributed by atoms with Gasteiger partial charge in [0.25, 0.3) is 0 Å². The van der Waals surface area contributed by atoms with Crippen LogP contribution in [0.4, 0.5) is 5.69 Å². The molecule has 2 aromatic rings. The van der Waals surface area contributed by atoms with Crippen LogP contribution >= 0.6 is 0 Å². The summed E-state index contributed by atoms with van der Waals surface area (Å²) < 4.78 is 5.16. The molecule has 6 heteroatoms. The number of hydrogen-bond acceptors (Lipinski definition) is 4. The summed E-state index contributed by atoms with van der Waals surface area (Å²) in [5.41, 5.74) is 2.51. The quantitative estimate of drug-likeness (QED) is 0.557. The molecule has 1 saturated carbocycles. The number of fused-ring (bicyclic) bond motifs is 5. The van der Waals surface area contributed by atoms with Crippen LogP contribution in [0.3, 0.4) is 0 Å². The second-order valence-corrected chi connectivity index (χ2v) is 8.95. The average molecular weight is 431 g/mol. The van der Waals surface area contributed by atoms with E-state index in [9.17, 15) is 14.4 Å². The van der Waals surface area contributed by atoms with E-state index in [-0.39, 0.29) is 47.8 Å². The Balaban J connectivity index is 1.41. The number of amides is 3. The van der Waals surface area contributed by atoms with Crippen LogP contribution in [0.25, 0.3) is 0 Å². The van der Waals surface area contributed by atoms with Crippen LogP contribution in [0.2, 0.25) is 0 Å². The molecule has 3 amide bonds. The minimum atomic E-state index is -0.626. The molecule has 5 atom stereocenters. The summed E-state index contributed by atoms with van der Waals surface area (Å²) in [7, 11) is 1.58. The molecule has 3 aliphatic rings. The molecule has 5 unspecified atom stereocenters. The average Bonchev–Trinajstić information content (AvgIpc) is 3.47. The SMILES string of the molecule is COc1ccc(NC(=O)CC(c2ccc(C)cc2)N2C(=O)C3C4C=CC(C4)C3C2=O)cc1. The van der Waals surface area contributed by atoms with E-state index in [0.29, 0.717) is 11.4 Å². The third kappa shape index (κ3) is 3.40. The Labute approximate surface area is 187 Å². The van der Waals surface area contributed by atoms with E-state index in [1.54, 1.807) is 31.4 Å². The summed E-state index contributed by atoms with van der Waals surface area (Å²) >= 11 is 0. The smallest absolute Gasteiger partial charge is 0.234 e. The first-order valence-corrected chi connectivity index (χ1v) is 11.0. The van der Waals surface area contributed by atoms with Crippen LogP contribution in [0, 0.1) is 30.6 Å². The van der Waals surface area contributed by atoms with Crippen molar-refractivity contribution in [2.45, 2.75) is 25.8 Å². The Kier molecular flexibility index (Phi) is 5.08. The minimum Gasteiger partial charge on any atom is -0.497 e. The summed E-state index contributed by atoms with van der Waals surface area (Å²) in [6.45, 7) is 1.98. The highest BCUT2D eigenvalue weighted by molar-refractivity contribution is 6.07. The van der Waals surface area contributed by atoms with Gasteiger partial charge in [-0.25, -0.2) is 0 Å². The standard InChI is InChI=1S/C26H26N2O4/c1-15-3-5-16(6-4-15)21(14-22(29)27-19-9-11-20(32-2)12-10-19)28-25(30)23-17-7-8-18(13-17)24(23)26(28)31/h3-12,17-18,21,23-24H,13-14H2,1-2H3,(H,27,29). The van der Waals surface area contributed by atoms with Crippen molar-refractivity contribution in [1.82, 2.24) is 4.90 Å². The van der Waals surface area contributed by atoms with Gasteiger partial charge < -0.3 is 10.1 Å². The third-order valence-corrected chi connectivity index (χ3v) is 7.03. The van der Waals surface area contributed by atoms with E-state index >= 15 is 0 Å². The van der Waals surface area contributed by atoms with Crippen molar-refractivity contribution in [3.8, 4) is 5.75 Å². The fourth-order valence-corrected chi connectivity index (χ4v) is 5.44. The molecule has 0 radical (unpaired) electrons. The predicted octanol–water partition coefficient (Wildman–Crippen LogP) is 3.88. The number of nitrogens with one attached hydrogen (secondary N) is 1. The van der Waals surface area contributed by atoms with E-state index in [1.165, 1.54) is 4.90 Å². The van der Waals surface area contributed by atoms with Gasteiger partial charge in [-0.1, -0.05) is 42.0 Å². The predicted molar refractivity (Wildman–Crippen MR) is 120 cm³/mol. The Hall–Kier alpha value is -3.41. The number of benzene rings is 2. The highest BCUT2D eigenvalue weighted by Crippen LogP contribution is 2.54. The maximum absolute atomic E-state index is 13.4. The molecule has 6 nitrogen and oxygen atoms in total. The molecule has 0 spiro atoms. The third-order valence-electron chi connectivity index (χ3n) is 7.03. The van der Waals surface area contributed by atoms with Crippen LogP contribution in [-0.4, -0.2) is 29.7 Å². The normalized spacial score (nSPS) is 26.4. The van der Waals surface area contributed by atoms with Gasteiger partial charge in [0.15, 0.2) is 0 Å². The van der Waals surface area contributed by atoms with Crippen molar-refractivity contribution in [3.05, 3.63) is 71.8 Å². The van der Waals surface area contributed by atoms with Gasteiger partial charge in [-0.3, -0.25) is 19.3 Å².